The van der Waals surface area contributed by atoms with Gasteiger partial charge < -0.3 is 21.1 Å². The minimum absolute atomic E-state index is 0.0776. The molecule has 44 heavy (non-hydrogen) atoms. The van der Waals surface area contributed by atoms with Crippen molar-refractivity contribution < 1.29 is 28.4 Å². The predicted octanol–water partition coefficient (Wildman–Crippen LogP) is 9.05. The molecular formula is C35H69N2O6P. The molecule has 260 valence electrons. The van der Waals surface area contributed by atoms with E-state index in [1.807, 2.05) is 6.08 Å². The molecule has 3 unspecified atom stereocenters. The summed E-state index contributed by atoms with van der Waals surface area (Å²) < 4.78 is 22.0. The fourth-order valence-electron chi connectivity index (χ4n) is 5.01. The second-order valence-corrected chi connectivity index (χ2v) is 13.5. The van der Waals surface area contributed by atoms with E-state index in [4.69, 9.17) is 14.8 Å². The lowest BCUT2D eigenvalue weighted by molar-refractivity contribution is -0.123. The maximum absolute atomic E-state index is 12.6. The normalized spacial score (nSPS) is 14.8. The number of phosphoric acid groups is 1. The van der Waals surface area contributed by atoms with Crippen molar-refractivity contribution in [3.63, 3.8) is 0 Å². The molecule has 0 bridgehead atoms. The van der Waals surface area contributed by atoms with Crippen LogP contribution in [0.2, 0.25) is 0 Å². The molecule has 0 aromatic rings. The van der Waals surface area contributed by atoms with E-state index in [1.165, 1.54) is 89.9 Å². The monoisotopic (exact) mass is 644 g/mol. The summed E-state index contributed by atoms with van der Waals surface area (Å²) in [5, 5.41) is 13.5. The van der Waals surface area contributed by atoms with Crippen molar-refractivity contribution in [2.24, 2.45) is 5.73 Å². The Morgan fingerprint density at radius 1 is 0.727 bits per heavy atom. The summed E-state index contributed by atoms with van der Waals surface area (Å²) in [5.74, 6) is -0.206. The lowest BCUT2D eigenvalue weighted by Crippen LogP contribution is -2.45. The van der Waals surface area contributed by atoms with Gasteiger partial charge >= 0.3 is 7.82 Å². The van der Waals surface area contributed by atoms with Crippen molar-refractivity contribution in [2.75, 3.05) is 19.8 Å². The van der Waals surface area contributed by atoms with E-state index in [9.17, 15) is 19.4 Å². The quantitative estimate of drug-likeness (QED) is 0.0318. The number of aliphatic hydroxyl groups is 1. The number of carbonyl (C=O) groups is 1. The first kappa shape index (κ1) is 43.0. The van der Waals surface area contributed by atoms with Crippen LogP contribution in [-0.2, 0) is 18.4 Å². The summed E-state index contributed by atoms with van der Waals surface area (Å²) in [7, 11) is -4.33. The average Bonchev–Trinajstić information content (AvgIpc) is 3.01. The minimum atomic E-state index is -4.33. The Morgan fingerprint density at radius 3 is 1.68 bits per heavy atom. The van der Waals surface area contributed by atoms with Crippen molar-refractivity contribution in [1.82, 2.24) is 5.32 Å². The Hall–Kier alpha value is -1.02. The third-order valence-corrected chi connectivity index (χ3v) is 8.76. The van der Waals surface area contributed by atoms with Crippen LogP contribution in [0, 0.1) is 0 Å². The third-order valence-electron chi connectivity index (χ3n) is 7.77. The number of hydrogen-bond acceptors (Lipinski definition) is 6. The second kappa shape index (κ2) is 31.9. The molecule has 0 rings (SSSR count). The minimum Gasteiger partial charge on any atom is -0.387 e. The summed E-state index contributed by atoms with van der Waals surface area (Å²) in [6.07, 6.45) is 33.6. The highest BCUT2D eigenvalue weighted by Crippen LogP contribution is 2.43. The smallest absolute Gasteiger partial charge is 0.387 e. The van der Waals surface area contributed by atoms with E-state index >= 15 is 0 Å². The van der Waals surface area contributed by atoms with Gasteiger partial charge in [0.2, 0.25) is 5.91 Å². The Morgan fingerprint density at radius 2 is 1.18 bits per heavy atom. The summed E-state index contributed by atoms with van der Waals surface area (Å²) in [6.45, 7) is 4.08. The summed E-state index contributed by atoms with van der Waals surface area (Å²) >= 11 is 0. The van der Waals surface area contributed by atoms with Crippen LogP contribution in [-0.4, -0.2) is 47.8 Å². The maximum Gasteiger partial charge on any atom is 0.472 e. The Balaban J connectivity index is 4.36. The van der Waals surface area contributed by atoms with Crippen LogP contribution < -0.4 is 11.1 Å². The molecular weight excluding hydrogens is 575 g/mol. The van der Waals surface area contributed by atoms with Gasteiger partial charge in [0.15, 0.2) is 0 Å². The Labute approximate surface area is 270 Å². The number of nitrogens with two attached hydrogens (primary N) is 1. The fraction of sp³-hybridized carbons (Fsp3) is 0.857. The number of hydrogen-bond donors (Lipinski definition) is 4. The van der Waals surface area contributed by atoms with Crippen molar-refractivity contribution in [2.45, 2.75) is 174 Å². The van der Waals surface area contributed by atoms with Gasteiger partial charge in [0, 0.05) is 13.0 Å². The van der Waals surface area contributed by atoms with E-state index in [0.29, 0.717) is 6.42 Å². The third kappa shape index (κ3) is 29.7. The van der Waals surface area contributed by atoms with Gasteiger partial charge in [-0.1, -0.05) is 134 Å². The number of phosphoric ester groups is 1. The highest BCUT2D eigenvalue weighted by atomic mass is 31.2. The van der Waals surface area contributed by atoms with Crippen molar-refractivity contribution in [1.29, 1.82) is 0 Å². The summed E-state index contributed by atoms with van der Waals surface area (Å²) in [5.41, 5.74) is 5.34. The standard InChI is InChI=1S/C35H69N2O6P/c1-3-5-7-9-11-13-15-16-17-19-21-23-25-27-29-35(39)37-33(32-43-44(40,41)42-31-30-36)34(38)28-26-24-22-20-18-14-12-10-8-6-4-2/h15-16,26,28,33-34,38H,3-14,17-25,27,29-32,36H2,1-2H3,(H,37,39)(H,40,41)/b16-15-,28-26+. The topological polar surface area (TPSA) is 131 Å². The van der Waals surface area contributed by atoms with E-state index in [-0.39, 0.29) is 25.7 Å². The number of rotatable bonds is 33. The van der Waals surface area contributed by atoms with Crippen LogP contribution in [0.25, 0.3) is 0 Å². The second-order valence-electron chi connectivity index (χ2n) is 12.1. The molecule has 0 aromatic heterocycles. The van der Waals surface area contributed by atoms with Gasteiger partial charge in [0.25, 0.3) is 0 Å². The largest absolute Gasteiger partial charge is 0.472 e. The summed E-state index contributed by atoms with van der Waals surface area (Å²) in [6, 6.07) is -0.859. The van der Waals surface area contributed by atoms with Crippen LogP contribution >= 0.6 is 7.82 Å². The zero-order valence-corrected chi connectivity index (χ0v) is 29.3. The van der Waals surface area contributed by atoms with Crippen molar-refractivity contribution in [3.05, 3.63) is 24.3 Å². The molecule has 0 heterocycles. The predicted molar refractivity (Wildman–Crippen MR) is 185 cm³/mol. The van der Waals surface area contributed by atoms with Crippen molar-refractivity contribution in [3.8, 4) is 0 Å². The van der Waals surface area contributed by atoms with Gasteiger partial charge in [-0.25, -0.2) is 4.57 Å². The first-order valence-corrected chi connectivity index (χ1v) is 19.5. The van der Waals surface area contributed by atoms with Crippen LogP contribution in [0.1, 0.15) is 162 Å². The number of aliphatic hydroxyl groups excluding tert-OH is 1. The lowest BCUT2D eigenvalue weighted by atomic mass is 10.1. The van der Waals surface area contributed by atoms with Gasteiger partial charge in [-0.3, -0.25) is 13.8 Å². The molecule has 3 atom stereocenters. The van der Waals surface area contributed by atoms with E-state index < -0.39 is 20.0 Å². The van der Waals surface area contributed by atoms with Crippen LogP contribution in [0.15, 0.2) is 24.3 Å². The van der Waals surface area contributed by atoms with Gasteiger partial charge in [0.1, 0.15) is 0 Å². The number of unbranched alkanes of at least 4 members (excludes halogenated alkanes) is 19. The molecule has 9 heteroatoms. The van der Waals surface area contributed by atoms with Crippen LogP contribution in [0.4, 0.5) is 0 Å². The maximum atomic E-state index is 12.6. The molecule has 0 radical (unpaired) electrons. The first-order valence-electron chi connectivity index (χ1n) is 18.0. The highest BCUT2D eigenvalue weighted by molar-refractivity contribution is 7.47. The lowest BCUT2D eigenvalue weighted by Gasteiger charge is -2.23. The average molecular weight is 645 g/mol. The molecule has 0 aliphatic heterocycles. The SMILES string of the molecule is CCCCCCC/C=C\CCCCCCCC(=O)NC(COP(=O)(O)OCCN)C(O)/C=C/CCCCCCCCCCC. The molecule has 0 aliphatic rings. The molecule has 0 aliphatic carbocycles. The van der Waals surface area contributed by atoms with Gasteiger partial charge in [-0.15, -0.1) is 0 Å². The summed E-state index contributed by atoms with van der Waals surface area (Å²) in [4.78, 5) is 22.5. The Bertz CT molecular complexity index is 749. The number of nitrogens with one attached hydrogen (secondary N) is 1. The molecule has 5 N–H and O–H groups in total. The van der Waals surface area contributed by atoms with E-state index in [1.54, 1.807) is 6.08 Å². The number of carbonyl (C=O) groups excluding carboxylic acids is 1. The number of allylic oxidation sites excluding steroid dienone is 3. The van der Waals surface area contributed by atoms with Gasteiger partial charge in [-0.05, 0) is 44.9 Å². The molecule has 1 amide bonds. The molecule has 0 aromatic carbocycles. The molecule has 0 saturated heterocycles. The zero-order chi connectivity index (χ0) is 32.6. The molecule has 0 fully saturated rings. The Kier molecular flexibility index (Phi) is 31.2. The molecule has 8 nitrogen and oxygen atoms in total. The van der Waals surface area contributed by atoms with Crippen LogP contribution in [0.3, 0.4) is 0 Å². The van der Waals surface area contributed by atoms with Crippen LogP contribution in [0.5, 0.6) is 0 Å². The van der Waals surface area contributed by atoms with E-state index in [2.05, 4.69) is 31.3 Å². The van der Waals surface area contributed by atoms with Gasteiger partial charge in [0.05, 0.1) is 25.4 Å². The fourth-order valence-corrected chi connectivity index (χ4v) is 5.77. The molecule has 0 saturated carbocycles. The molecule has 0 spiro atoms. The zero-order valence-electron chi connectivity index (χ0n) is 28.4. The van der Waals surface area contributed by atoms with Gasteiger partial charge in [-0.2, -0.15) is 0 Å². The first-order chi connectivity index (χ1) is 21.4. The highest BCUT2D eigenvalue weighted by Gasteiger charge is 2.26. The van der Waals surface area contributed by atoms with E-state index in [0.717, 1.165) is 51.4 Å². The number of amides is 1. The van der Waals surface area contributed by atoms with Crippen molar-refractivity contribution >= 4 is 13.7 Å².